The molecule has 5 aromatic rings. The fraction of sp³-hybridized carbons (Fsp3) is 0.225. The molecule has 6 rings (SSSR count). The number of amides is 2. The third-order valence-corrected chi connectivity index (χ3v) is 11.1. The molecule has 0 spiro atoms. The van der Waals surface area contributed by atoms with Gasteiger partial charge in [-0.1, -0.05) is 81.6 Å². The fourth-order valence-electron chi connectivity index (χ4n) is 6.06. The van der Waals surface area contributed by atoms with Crippen LogP contribution in [0.3, 0.4) is 0 Å². The molecule has 1 atom stereocenters. The summed E-state index contributed by atoms with van der Waals surface area (Å²) >= 11 is 3.34. The highest BCUT2D eigenvalue weighted by molar-refractivity contribution is 7.29. The maximum atomic E-state index is 13.7. The van der Waals surface area contributed by atoms with Crippen LogP contribution in [0.5, 0.6) is 0 Å². The van der Waals surface area contributed by atoms with Gasteiger partial charge in [0.2, 0.25) is 0 Å². The molecule has 2 amide bonds. The van der Waals surface area contributed by atoms with Crippen molar-refractivity contribution in [2.24, 2.45) is 5.92 Å². The van der Waals surface area contributed by atoms with E-state index in [9.17, 15) is 14.9 Å². The molecule has 0 fully saturated rings. The molecule has 0 radical (unpaired) electrons. The number of fused-ring (bicyclic) bond motifs is 1. The molecule has 1 aliphatic rings. The van der Waals surface area contributed by atoms with E-state index >= 15 is 0 Å². The Morgan fingerprint density at radius 2 is 1.45 bits per heavy atom. The first kappa shape index (κ1) is 32.2. The van der Waals surface area contributed by atoms with Crippen LogP contribution >= 0.6 is 22.7 Å². The fourth-order valence-corrected chi connectivity index (χ4v) is 8.41. The Balaban J connectivity index is 1.26. The van der Waals surface area contributed by atoms with Gasteiger partial charge in [-0.05, 0) is 85.0 Å². The van der Waals surface area contributed by atoms with Crippen LogP contribution in [0.1, 0.15) is 51.3 Å². The second kappa shape index (κ2) is 14.3. The quantitative estimate of drug-likeness (QED) is 0.105. The molecule has 0 saturated heterocycles. The van der Waals surface area contributed by atoms with Gasteiger partial charge >= 0.3 is 0 Å². The van der Waals surface area contributed by atoms with Gasteiger partial charge in [0.1, 0.15) is 11.6 Å². The van der Waals surface area contributed by atoms with Gasteiger partial charge in [0.15, 0.2) is 0 Å². The molecule has 1 unspecified atom stereocenters. The van der Waals surface area contributed by atoms with Crippen molar-refractivity contribution in [3.05, 3.63) is 119 Å². The van der Waals surface area contributed by atoms with E-state index in [0.29, 0.717) is 17.7 Å². The number of nitrogens with zero attached hydrogens (tertiary/aromatic N) is 3. The van der Waals surface area contributed by atoms with E-state index in [4.69, 9.17) is 0 Å². The number of anilines is 3. The van der Waals surface area contributed by atoms with Crippen LogP contribution in [0.2, 0.25) is 0 Å². The molecule has 0 bridgehead atoms. The number of carbonyl (C=O) groups excluding carboxylic acids is 2. The van der Waals surface area contributed by atoms with Gasteiger partial charge in [-0.15, -0.1) is 22.7 Å². The van der Waals surface area contributed by atoms with Crippen molar-refractivity contribution < 1.29 is 9.59 Å². The Morgan fingerprint density at radius 3 is 2.02 bits per heavy atom. The first-order valence-corrected chi connectivity index (χ1v) is 17.8. The molecule has 0 N–H and O–H groups in total. The molecular formula is C40H37N3O2S2. The largest absolute Gasteiger partial charge is 0.311 e. The number of nitriles is 1. The van der Waals surface area contributed by atoms with Crippen molar-refractivity contribution in [2.45, 2.75) is 46.5 Å². The monoisotopic (exact) mass is 655 g/mol. The zero-order valence-corrected chi connectivity index (χ0v) is 28.5. The van der Waals surface area contributed by atoms with Gasteiger partial charge in [0.25, 0.3) is 11.8 Å². The lowest BCUT2D eigenvalue weighted by atomic mass is 9.92. The lowest BCUT2D eigenvalue weighted by Crippen LogP contribution is -2.45. The predicted molar refractivity (Wildman–Crippen MR) is 196 cm³/mol. The number of rotatable bonds is 11. The smallest absolute Gasteiger partial charge is 0.271 e. The Morgan fingerprint density at radius 1 is 0.830 bits per heavy atom. The average molecular weight is 656 g/mol. The Bertz CT molecular complexity index is 1930. The SMILES string of the molecule is CCCCC(CC)CN1C(=O)C(C#N)=C(C)/C(=C\c2cc3sc(-c4ccc(N(c5ccccc5)c5ccccc5)cc4)cc3s2)C1=O. The molecule has 3 aromatic carbocycles. The zero-order chi connectivity index (χ0) is 32.9. The van der Waals surface area contributed by atoms with Crippen LogP contribution in [-0.4, -0.2) is 23.3 Å². The molecule has 0 saturated carbocycles. The van der Waals surface area contributed by atoms with Crippen molar-refractivity contribution in [1.82, 2.24) is 4.90 Å². The van der Waals surface area contributed by atoms with Crippen molar-refractivity contribution >= 4 is 67.0 Å². The first-order chi connectivity index (χ1) is 22.9. The van der Waals surface area contributed by atoms with E-state index in [2.05, 4.69) is 110 Å². The van der Waals surface area contributed by atoms with Gasteiger partial charge in [-0.25, -0.2) is 0 Å². The van der Waals surface area contributed by atoms with E-state index < -0.39 is 5.91 Å². The van der Waals surface area contributed by atoms with E-state index in [0.717, 1.165) is 62.6 Å². The number of benzene rings is 3. The van der Waals surface area contributed by atoms with E-state index in [1.807, 2.05) is 18.2 Å². The first-order valence-electron chi connectivity index (χ1n) is 16.1. The molecule has 236 valence electrons. The highest BCUT2D eigenvalue weighted by Gasteiger charge is 2.36. The maximum Gasteiger partial charge on any atom is 0.271 e. The number of hydrogen-bond acceptors (Lipinski definition) is 6. The lowest BCUT2D eigenvalue weighted by Gasteiger charge is -2.30. The summed E-state index contributed by atoms with van der Waals surface area (Å²) in [5, 5.41) is 9.84. The van der Waals surface area contributed by atoms with Gasteiger partial charge in [-0.3, -0.25) is 14.5 Å². The summed E-state index contributed by atoms with van der Waals surface area (Å²) in [4.78, 5) is 32.5. The number of carbonyl (C=O) groups is 2. The third kappa shape index (κ3) is 6.71. The second-order valence-corrected chi connectivity index (χ2v) is 14.0. The summed E-state index contributed by atoms with van der Waals surface area (Å²) in [6, 6.07) is 35.8. The minimum Gasteiger partial charge on any atom is -0.311 e. The standard InChI is InChI=1S/C40H37N3O2S2/c1-4-6-13-28(5-2)26-42-39(44)34(27(3)35(25-41)40(42)45)22-33-23-37-38(46-33)24-36(47-37)29-18-20-32(21-19-29)43(30-14-9-7-10-15-30)31-16-11-8-12-17-31/h7-12,14-24,28H,4-6,13,26H2,1-3H3/b34-22+. The number of imide groups is 1. The van der Waals surface area contributed by atoms with Crippen LogP contribution in [0.25, 0.3) is 25.9 Å². The van der Waals surface area contributed by atoms with Gasteiger partial charge in [0.05, 0.1) is 0 Å². The minimum atomic E-state index is -0.472. The van der Waals surface area contributed by atoms with Gasteiger partial charge in [-0.2, -0.15) is 5.26 Å². The van der Waals surface area contributed by atoms with Gasteiger partial charge < -0.3 is 4.90 Å². The summed E-state index contributed by atoms with van der Waals surface area (Å²) in [5.74, 6) is -0.554. The molecule has 47 heavy (non-hydrogen) atoms. The second-order valence-electron chi connectivity index (χ2n) is 11.8. The van der Waals surface area contributed by atoms with E-state index in [1.165, 1.54) is 9.78 Å². The van der Waals surface area contributed by atoms with Crippen molar-refractivity contribution in [3.8, 4) is 16.5 Å². The summed E-state index contributed by atoms with van der Waals surface area (Å²) in [6.07, 6.45) is 5.81. The van der Waals surface area contributed by atoms with Crippen LogP contribution in [0, 0.1) is 17.2 Å². The number of para-hydroxylation sites is 2. The lowest BCUT2D eigenvalue weighted by molar-refractivity contribution is -0.141. The summed E-state index contributed by atoms with van der Waals surface area (Å²) in [6.45, 7) is 6.29. The zero-order valence-electron chi connectivity index (χ0n) is 26.9. The molecule has 1 aliphatic heterocycles. The van der Waals surface area contributed by atoms with Crippen LogP contribution in [-0.2, 0) is 9.59 Å². The van der Waals surface area contributed by atoms with Crippen LogP contribution in [0.15, 0.2) is 114 Å². The Labute approximate surface area is 284 Å². The van der Waals surface area contributed by atoms with Crippen LogP contribution < -0.4 is 4.90 Å². The summed E-state index contributed by atoms with van der Waals surface area (Å²) < 4.78 is 2.28. The maximum absolute atomic E-state index is 13.7. The number of hydrogen-bond donors (Lipinski definition) is 0. The Hall–Kier alpha value is -4.77. The average Bonchev–Trinajstić information content (AvgIpc) is 3.67. The number of thiophene rings is 2. The molecule has 0 aliphatic carbocycles. The number of unbranched alkanes of at least 4 members (excludes halogenated alkanes) is 1. The normalized spacial score (nSPS) is 15.0. The summed E-state index contributed by atoms with van der Waals surface area (Å²) in [5.41, 5.74) is 5.37. The Kier molecular flexibility index (Phi) is 9.81. The van der Waals surface area contributed by atoms with E-state index in [-0.39, 0.29) is 17.4 Å². The van der Waals surface area contributed by atoms with Crippen molar-refractivity contribution in [1.29, 1.82) is 5.26 Å². The van der Waals surface area contributed by atoms with Crippen molar-refractivity contribution in [2.75, 3.05) is 11.4 Å². The molecule has 2 aromatic heterocycles. The van der Waals surface area contributed by atoms with E-state index in [1.54, 1.807) is 29.6 Å². The molecule has 3 heterocycles. The highest BCUT2D eigenvalue weighted by Crippen LogP contribution is 2.41. The topological polar surface area (TPSA) is 64.4 Å². The van der Waals surface area contributed by atoms with Crippen LogP contribution in [0.4, 0.5) is 17.1 Å². The molecule has 7 heteroatoms. The molecule has 5 nitrogen and oxygen atoms in total. The molecular weight excluding hydrogens is 619 g/mol. The predicted octanol–water partition coefficient (Wildman–Crippen LogP) is 10.9. The minimum absolute atomic E-state index is 0.0587. The third-order valence-electron chi connectivity index (χ3n) is 8.76. The van der Waals surface area contributed by atoms with Crippen molar-refractivity contribution in [3.63, 3.8) is 0 Å². The summed E-state index contributed by atoms with van der Waals surface area (Å²) in [7, 11) is 0. The highest BCUT2D eigenvalue weighted by atomic mass is 32.1. The van der Waals surface area contributed by atoms with Gasteiger partial charge in [0, 0.05) is 48.3 Å².